The maximum Gasteiger partial charge on any atom is 0.513 e. The van der Waals surface area contributed by atoms with E-state index in [2.05, 4.69) is 27.7 Å². The van der Waals surface area contributed by atoms with Gasteiger partial charge >= 0.3 is 6.09 Å². The van der Waals surface area contributed by atoms with Crippen molar-refractivity contribution in [1.82, 2.24) is 0 Å². The van der Waals surface area contributed by atoms with Crippen molar-refractivity contribution < 1.29 is 14.4 Å². The third-order valence-corrected chi connectivity index (χ3v) is 4.18. The van der Waals surface area contributed by atoms with Gasteiger partial charge in [-0.25, -0.2) is 4.48 Å². The average molecular weight is 242 g/mol. The first-order valence-electron chi connectivity index (χ1n) is 7.02. The highest BCUT2D eigenvalue weighted by atomic mass is 16.4. The standard InChI is InChI=1S/C14H27NO2/c1-11(2)13(12(3)4)15(14(16)17)9-7-5-6-8-10-15/h11-13H,5-10H2,1-4H3/p+1. The summed E-state index contributed by atoms with van der Waals surface area (Å²) in [4.78, 5) is 11.9. The summed E-state index contributed by atoms with van der Waals surface area (Å²) in [6.07, 6.45) is 3.89. The second-order valence-corrected chi connectivity index (χ2v) is 6.16. The van der Waals surface area contributed by atoms with Crippen LogP contribution in [-0.4, -0.2) is 34.8 Å². The molecule has 1 amide bonds. The lowest BCUT2D eigenvalue weighted by atomic mass is 9.89. The quantitative estimate of drug-likeness (QED) is 0.766. The molecule has 0 aliphatic carbocycles. The molecule has 0 radical (unpaired) electrons. The highest BCUT2D eigenvalue weighted by Crippen LogP contribution is 2.31. The summed E-state index contributed by atoms with van der Waals surface area (Å²) >= 11 is 0. The molecule has 1 heterocycles. The minimum atomic E-state index is -0.612. The molecular formula is C14H28NO2+. The number of carboxylic acid groups (broad SMARTS) is 1. The van der Waals surface area contributed by atoms with Gasteiger partial charge < -0.3 is 5.11 Å². The molecule has 0 spiro atoms. The van der Waals surface area contributed by atoms with E-state index < -0.39 is 6.09 Å². The predicted octanol–water partition coefficient (Wildman–Crippen LogP) is 3.74. The minimum absolute atomic E-state index is 0.241. The second kappa shape index (κ2) is 5.85. The Morgan fingerprint density at radius 2 is 1.35 bits per heavy atom. The van der Waals surface area contributed by atoms with Crippen molar-refractivity contribution in [2.75, 3.05) is 13.1 Å². The van der Waals surface area contributed by atoms with Crippen LogP contribution >= 0.6 is 0 Å². The van der Waals surface area contributed by atoms with E-state index in [1.807, 2.05) is 0 Å². The first-order valence-corrected chi connectivity index (χ1v) is 7.02. The number of rotatable bonds is 3. The largest absolute Gasteiger partial charge is 0.513 e. The predicted molar refractivity (Wildman–Crippen MR) is 70.0 cm³/mol. The Kier molecular flexibility index (Phi) is 4.99. The van der Waals surface area contributed by atoms with Crippen molar-refractivity contribution in [3.8, 4) is 0 Å². The first-order chi connectivity index (χ1) is 7.92. The van der Waals surface area contributed by atoms with Crippen LogP contribution in [0.5, 0.6) is 0 Å². The summed E-state index contributed by atoms with van der Waals surface area (Å²) in [5.41, 5.74) is 0. The fourth-order valence-corrected chi connectivity index (χ4v) is 3.78. The molecular weight excluding hydrogens is 214 g/mol. The minimum Gasteiger partial charge on any atom is -0.435 e. The summed E-state index contributed by atoms with van der Waals surface area (Å²) < 4.78 is 0.301. The summed E-state index contributed by atoms with van der Waals surface area (Å²) in [7, 11) is 0. The molecule has 1 aliphatic rings. The number of hydrogen-bond donors (Lipinski definition) is 1. The lowest BCUT2D eigenvalue weighted by Gasteiger charge is -2.43. The van der Waals surface area contributed by atoms with Gasteiger partial charge in [-0.2, -0.15) is 4.79 Å². The van der Waals surface area contributed by atoms with Gasteiger partial charge in [0.05, 0.1) is 13.1 Å². The zero-order chi connectivity index (χ0) is 13.1. The van der Waals surface area contributed by atoms with Crippen molar-refractivity contribution in [3.63, 3.8) is 0 Å². The van der Waals surface area contributed by atoms with E-state index >= 15 is 0 Å². The maximum atomic E-state index is 11.9. The summed E-state index contributed by atoms with van der Waals surface area (Å²) in [6, 6.07) is 0.241. The van der Waals surface area contributed by atoms with Crippen molar-refractivity contribution >= 4 is 6.09 Å². The third kappa shape index (κ3) is 3.01. The normalized spacial score (nSPS) is 20.9. The van der Waals surface area contributed by atoms with Crippen LogP contribution in [0.2, 0.25) is 0 Å². The van der Waals surface area contributed by atoms with Crippen LogP contribution in [-0.2, 0) is 0 Å². The summed E-state index contributed by atoms with van der Waals surface area (Å²) in [6.45, 7) is 10.3. The van der Waals surface area contributed by atoms with Crippen LogP contribution in [0.15, 0.2) is 0 Å². The molecule has 0 unspecified atom stereocenters. The molecule has 0 atom stereocenters. The number of likely N-dealkylation sites (tertiary alicyclic amines) is 1. The summed E-state index contributed by atoms with van der Waals surface area (Å²) in [5.74, 6) is 0.841. The zero-order valence-corrected chi connectivity index (χ0v) is 11.8. The van der Waals surface area contributed by atoms with E-state index in [1.165, 1.54) is 12.8 Å². The maximum absolute atomic E-state index is 11.9. The van der Waals surface area contributed by atoms with Gasteiger partial charge in [-0.15, -0.1) is 0 Å². The van der Waals surface area contributed by atoms with Crippen molar-refractivity contribution in [2.45, 2.75) is 59.4 Å². The van der Waals surface area contributed by atoms with E-state index in [1.54, 1.807) is 0 Å². The molecule has 3 heteroatoms. The van der Waals surface area contributed by atoms with Crippen molar-refractivity contribution in [3.05, 3.63) is 0 Å². The summed E-state index contributed by atoms with van der Waals surface area (Å²) in [5, 5.41) is 9.75. The van der Waals surface area contributed by atoms with E-state index in [-0.39, 0.29) is 6.04 Å². The van der Waals surface area contributed by atoms with Gasteiger partial charge in [-0.05, 0) is 25.7 Å². The number of quaternary nitrogens is 1. The highest BCUT2D eigenvalue weighted by molar-refractivity contribution is 5.57. The fourth-order valence-electron chi connectivity index (χ4n) is 3.78. The molecule has 0 aromatic heterocycles. The molecule has 1 N–H and O–H groups in total. The number of amides is 1. The van der Waals surface area contributed by atoms with Gasteiger partial charge in [0.1, 0.15) is 6.04 Å². The highest BCUT2D eigenvalue weighted by Gasteiger charge is 2.47. The monoisotopic (exact) mass is 242 g/mol. The van der Waals surface area contributed by atoms with Crippen LogP contribution in [0.4, 0.5) is 4.79 Å². The molecule has 0 aromatic carbocycles. The Bertz CT molecular complexity index is 245. The molecule has 1 rings (SSSR count). The Morgan fingerprint density at radius 3 is 1.65 bits per heavy atom. The molecule has 0 saturated carbocycles. The van der Waals surface area contributed by atoms with Gasteiger partial charge in [0.25, 0.3) is 0 Å². The van der Waals surface area contributed by atoms with E-state index in [9.17, 15) is 9.90 Å². The van der Waals surface area contributed by atoms with Crippen molar-refractivity contribution in [1.29, 1.82) is 0 Å². The van der Waals surface area contributed by atoms with Gasteiger partial charge in [-0.3, -0.25) is 0 Å². The number of carbonyl (C=O) groups is 1. The Balaban J connectivity index is 3.06. The molecule has 100 valence electrons. The molecule has 17 heavy (non-hydrogen) atoms. The smallest absolute Gasteiger partial charge is 0.435 e. The van der Waals surface area contributed by atoms with Crippen LogP contribution in [0.25, 0.3) is 0 Å². The SMILES string of the molecule is CC(C)C(C(C)C)[N+]1(C(=O)O)CCCCCC1. The molecule has 1 fully saturated rings. The fraction of sp³-hybridized carbons (Fsp3) is 0.929. The Hall–Kier alpha value is -0.570. The molecule has 3 nitrogen and oxygen atoms in total. The number of hydrogen-bond acceptors (Lipinski definition) is 1. The first kappa shape index (κ1) is 14.5. The van der Waals surface area contributed by atoms with E-state index in [4.69, 9.17) is 0 Å². The number of nitrogens with zero attached hydrogens (tertiary/aromatic N) is 1. The van der Waals surface area contributed by atoms with Crippen LogP contribution < -0.4 is 0 Å². The van der Waals surface area contributed by atoms with Crippen molar-refractivity contribution in [2.24, 2.45) is 11.8 Å². The molecule has 1 saturated heterocycles. The lowest BCUT2D eigenvalue weighted by molar-refractivity contribution is -0.889. The average Bonchev–Trinajstić information content (AvgIpc) is 2.43. The van der Waals surface area contributed by atoms with Gasteiger partial charge in [0.2, 0.25) is 0 Å². The Morgan fingerprint density at radius 1 is 0.941 bits per heavy atom. The Labute approximate surface area is 105 Å². The zero-order valence-electron chi connectivity index (χ0n) is 11.8. The van der Waals surface area contributed by atoms with E-state index in [0.29, 0.717) is 16.3 Å². The van der Waals surface area contributed by atoms with Crippen LogP contribution in [0.1, 0.15) is 53.4 Å². The topological polar surface area (TPSA) is 37.3 Å². The van der Waals surface area contributed by atoms with Gasteiger partial charge in [-0.1, -0.05) is 27.7 Å². The van der Waals surface area contributed by atoms with Crippen LogP contribution in [0, 0.1) is 11.8 Å². The van der Waals surface area contributed by atoms with Crippen LogP contribution in [0.3, 0.4) is 0 Å². The van der Waals surface area contributed by atoms with E-state index in [0.717, 1.165) is 25.9 Å². The second-order valence-electron chi connectivity index (χ2n) is 6.16. The third-order valence-electron chi connectivity index (χ3n) is 4.18. The molecule has 0 aromatic rings. The molecule has 0 bridgehead atoms. The molecule has 1 aliphatic heterocycles. The van der Waals surface area contributed by atoms with Gasteiger partial charge in [0, 0.05) is 11.8 Å². The van der Waals surface area contributed by atoms with Gasteiger partial charge in [0.15, 0.2) is 0 Å². The lowest BCUT2D eigenvalue weighted by Crippen LogP contribution is -2.62.